The van der Waals surface area contributed by atoms with Crippen molar-refractivity contribution in [3.05, 3.63) is 59.7 Å². The number of carbonyl (C=O) groups excluding carboxylic acids is 1. The fourth-order valence-electron chi connectivity index (χ4n) is 5.17. The van der Waals surface area contributed by atoms with Crippen LogP contribution in [0.2, 0.25) is 0 Å². The molecule has 1 N–H and O–H groups in total. The fourth-order valence-corrected chi connectivity index (χ4v) is 5.17. The molecule has 1 aliphatic heterocycles. The van der Waals surface area contributed by atoms with Crippen LogP contribution >= 0.6 is 0 Å². The maximum absolute atomic E-state index is 13.4. The van der Waals surface area contributed by atoms with Gasteiger partial charge in [0.05, 0.1) is 6.04 Å². The van der Waals surface area contributed by atoms with E-state index in [1.807, 2.05) is 18.2 Å². The minimum absolute atomic E-state index is 0.0600. The van der Waals surface area contributed by atoms with Gasteiger partial charge in [0.1, 0.15) is 0 Å². The van der Waals surface area contributed by atoms with Gasteiger partial charge in [-0.15, -0.1) is 0 Å². The molecule has 0 radical (unpaired) electrons. The van der Waals surface area contributed by atoms with Gasteiger partial charge in [0, 0.05) is 23.5 Å². The van der Waals surface area contributed by atoms with Crippen LogP contribution in [0.5, 0.6) is 0 Å². The second kappa shape index (κ2) is 6.20. The average Bonchev–Trinajstić information content (AvgIpc) is 3.49. The van der Waals surface area contributed by atoms with E-state index in [-0.39, 0.29) is 11.5 Å². The molecule has 3 nitrogen and oxygen atoms in total. The van der Waals surface area contributed by atoms with Gasteiger partial charge in [0.25, 0.3) is 0 Å². The van der Waals surface area contributed by atoms with Crippen molar-refractivity contribution in [3.8, 4) is 0 Å². The van der Waals surface area contributed by atoms with Crippen molar-refractivity contribution >= 4 is 17.2 Å². The first-order valence-electron chi connectivity index (χ1n) is 10.3. The molecule has 0 amide bonds. The number of nitrogens with one attached hydrogen (secondary N) is 1. The molecule has 3 atom stereocenters. The van der Waals surface area contributed by atoms with Gasteiger partial charge in [-0.25, -0.2) is 0 Å². The van der Waals surface area contributed by atoms with Crippen LogP contribution in [-0.4, -0.2) is 29.8 Å². The number of rotatable bonds is 4. The number of likely N-dealkylation sites (tertiary alicyclic amines) is 1. The molecule has 2 aliphatic carbocycles. The predicted octanol–water partition coefficient (Wildman–Crippen LogP) is 5.00. The zero-order chi connectivity index (χ0) is 18.6. The van der Waals surface area contributed by atoms with Gasteiger partial charge in [-0.2, -0.15) is 0 Å². The summed E-state index contributed by atoms with van der Waals surface area (Å²) in [6.45, 7) is 6.82. The molecule has 2 bridgehead atoms. The fraction of sp³-hybridized carbons (Fsp3) is 0.458. The monoisotopic (exact) mass is 360 g/mol. The topological polar surface area (TPSA) is 32.3 Å². The SMILES string of the molecule is C[C@H]1[C@H]2C(=O)c3ccc(Nc4ccccc4)cc3[C@@]1(C)CCN2CC1CC1. The van der Waals surface area contributed by atoms with E-state index in [1.54, 1.807) is 0 Å². The second-order valence-electron chi connectivity index (χ2n) is 8.95. The number of hydrogen-bond acceptors (Lipinski definition) is 3. The number of nitrogens with zero attached hydrogens (tertiary/aromatic N) is 1. The smallest absolute Gasteiger partial charge is 0.180 e. The maximum Gasteiger partial charge on any atom is 0.180 e. The summed E-state index contributed by atoms with van der Waals surface area (Å²) in [7, 11) is 0. The van der Waals surface area contributed by atoms with Gasteiger partial charge in [-0.3, -0.25) is 9.69 Å². The third-order valence-corrected chi connectivity index (χ3v) is 7.21. The maximum atomic E-state index is 13.4. The molecule has 2 fully saturated rings. The number of anilines is 2. The van der Waals surface area contributed by atoms with Crippen LogP contribution < -0.4 is 5.32 Å². The number of fused-ring (bicyclic) bond motifs is 4. The van der Waals surface area contributed by atoms with Crippen molar-refractivity contribution < 1.29 is 4.79 Å². The molecule has 2 aromatic rings. The van der Waals surface area contributed by atoms with Gasteiger partial charge < -0.3 is 5.32 Å². The highest BCUT2D eigenvalue weighted by Crippen LogP contribution is 2.50. The number of Topliss-reactive ketones (excluding diaryl/α,β-unsaturated/α-hetero) is 1. The van der Waals surface area contributed by atoms with Crippen molar-refractivity contribution in [2.75, 3.05) is 18.4 Å². The summed E-state index contributed by atoms with van der Waals surface area (Å²) >= 11 is 0. The third-order valence-electron chi connectivity index (χ3n) is 7.21. The quantitative estimate of drug-likeness (QED) is 0.832. The van der Waals surface area contributed by atoms with Crippen LogP contribution in [0, 0.1) is 11.8 Å². The molecule has 1 heterocycles. The summed E-state index contributed by atoms with van der Waals surface area (Å²) in [4.78, 5) is 15.9. The number of hydrogen-bond donors (Lipinski definition) is 1. The number of piperidine rings is 1. The van der Waals surface area contributed by atoms with Crippen molar-refractivity contribution in [2.24, 2.45) is 11.8 Å². The van der Waals surface area contributed by atoms with E-state index in [4.69, 9.17) is 0 Å². The standard InChI is InChI=1S/C24H28N2O/c1-16-22-23(27)20-11-10-19(25-18-6-4-3-5-7-18)14-21(20)24(16,2)12-13-26(22)15-17-8-9-17/h3-7,10-11,14,16-17,22,25H,8-9,12-13,15H2,1-2H3/t16-,22-,24-/m0/s1. The molecule has 0 unspecified atom stereocenters. The Bertz CT molecular complexity index is 873. The van der Waals surface area contributed by atoms with Gasteiger partial charge in [0.2, 0.25) is 0 Å². The van der Waals surface area contributed by atoms with Crippen molar-refractivity contribution in [1.29, 1.82) is 0 Å². The largest absolute Gasteiger partial charge is 0.356 e. The third kappa shape index (κ3) is 2.80. The van der Waals surface area contributed by atoms with Crippen LogP contribution in [0.3, 0.4) is 0 Å². The lowest BCUT2D eigenvalue weighted by Crippen LogP contribution is -2.61. The first-order valence-corrected chi connectivity index (χ1v) is 10.3. The number of para-hydroxylation sites is 1. The van der Waals surface area contributed by atoms with Crippen LogP contribution in [-0.2, 0) is 5.41 Å². The van der Waals surface area contributed by atoms with Crippen molar-refractivity contribution in [2.45, 2.75) is 44.6 Å². The van der Waals surface area contributed by atoms with E-state index >= 15 is 0 Å². The minimum Gasteiger partial charge on any atom is -0.356 e. The highest BCUT2D eigenvalue weighted by atomic mass is 16.1. The Labute approximate surface area is 161 Å². The zero-order valence-electron chi connectivity index (χ0n) is 16.2. The second-order valence-corrected chi connectivity index (χ2v) is 8.95. The molecule has 1 saturated carbocycles. The molecule has 3 heteroatoms. The van der Waals surface area contributed by atoms with E-state index in [0.29, 0.717) is 11.7 Å². The minimum atomic E-state index is 0.0600. The van der Waals surface area contributed by atoms with Crippen LogP contribution in [0.25, 0.3) is 0 Å². The molecular weight excluding hydrogens is 332 g/mol. The summed E-state index contributed by atoms with van der Waals surface area (Å²) in [5.74, 6) is 1.52. The van der Waals surface area contributed by atoms with Crippen molar-refractivity contribution in [1.82, 2.24) is 4.90 Å². The average molecular weight is 361 g/mol. The molecule has 2 aromatic carbocycles. The molecule has 140 valence electrons. The highest BCUT2D eigenvalue weighted by molar-refractivity contribution is 6.04. The lowest BCUT2D eigenvalue weighted by atomic mass is 9.58. The van der Waals surface area contributed by atoms with Gasteiger partial charge >= 0.3 is 0 Å². The first-order chi connectivity index (χ1) is 13.1. The molecule has 0 spiro atoms. The Balaban J connectivity index is 1.51. The van der Waals surface area contributed by atoms with Gasteiger partial charge in [-0.1, -0.05) is 32.0 Å². The van der Waals surface area contributed by atoms with Gasteiger partial charge in [-0.05, 0) is 79.0 Å². The lowest BCUT2D eigenvalue weighted by Gasteiger charge is -2.53. The van der Waals surface area contributed by atoms with Crippen LogP contribution in [0.1, 0.15) is 49.0 Å². The summed E-state index contributed by atoms with van der Waals surface area (Å²) < 4.78 is 0. The molecular formula is C24H28N2O. The van der Waals surface area contributed by atoms with E-state index in [9.17, 15) is 4.79 Å². The van der Waals surface area contributed by atoms with Crippen molar-refractivity contribution in [3.63, 3.8) is 0 Å². The van der Waals surface area contributed by atoms with E-state index in [2.05, 4.69) is 54.4 Å². The molecule has 3 aliphatic rings. The normalized spacial score (nSPS) is 30.1. The van der Waals surface area contributed by atoms with Gasteiger partial charge in [0.15, 0.2) is 5.78 Å². The highest BCUT2D eigenvalue weighted by Gasteiger charge is 2.52. The lowest BCUT2D eigenvalue weighted by molar-refractivity contribution is 0.0266. The first kappa shape index (κ1) is 17.0. The Morgan fingerprint density at radius 2 is 1.89 bits per heavy atom. The number of carbonyl (C=O) groups is 1. The van der Waals surface area contributed by atoms with Crippen LogP contribution in [0.4, 0.5) is 11.4 Å². The van der Waals surface area contributed by atoms with E-state index in [0.717, 1.165) is 42.4 Å². The Hall–Kier alpha value is -2.13. The zero-order valence-corrected chi connectivity index (χ0v) is 16.2. The summed E-state index contributed by atoms with van der Waals surface area (Å²) in [5.41, 5.74) is 4.40. The van der Waals surface area contributed by atoms with E-state index < -0.39 is 0 Å². The van der Waals surface area contributed by atoms with Crippen LogP contribution in [0.15, 0.2) is 48.5 Å². The predicted molar refractivity (Wildman–Crippen MR) is 110 cm³/mol. The molecule has 27 heavy (non-hydrogen) atoms. The Morgan fingerprint density at radius 3 is 2.63 bits per heavy atom. The molecule has 1 saturated heterocycles. The number of benzene rings is 2. The molecule has 0 aromatic heterocycles. The Morgan fingerprint density at radius 1 is 1.11 bits per heavy atom. The number of ketones is 1. The summed E-state index contributed by atoms with van der Waals surface area (Å²) in [6, 6.07) is 16.6. The summed E-state index contributed by atoms with van der Waals surface area (Å²) in [6.07, 6.45) is 3.81. The van der Waals surface area contributed by atoms with E-state index in [1.165, 1.54) is 18.4 Å². The summed E-state index contributed by atoms with van der Waals surface area (Å²) in [5, 5.41) is 3.50. The molecule has 5 rings (SSSR count). The Kier molecular flexibility index (Phi) is 3.90.